The highest BCUT2D eigenvalue weighted by molar-refractivity contribution is 5.44. The van der Waals surface area contributed by atoms with Crippen LogP contribution in [0.2, 0.25) is 0 Å². The van der Waals surface area contributed by atoms with Crippen LogP contribution in [0.15, 0.2) is 18.2 Å². The van der Waals surface area contributed by atoms with Gasteiger partial charge in [-0.25, -0.2) is 0 Å². The molecule has 4 nitrogen and oxygen atoms in total. The van der Waals surface area contributed by atoms with Gasteiger partial charge >= 0.3 is 0 Å². The quantitative estimate of drug-likeness (QED) is 0.920. The molecule has 2 rings (SSSR count). The van der Waals surface area contributed by atoms with Crippen LogP contribution in [-0.4, -0.2) is 25.9 Å². The number of benzene rings is 1. The third-order valence-electron chi connectivity index (χ3n) is 3.48. The van der Waals surface area contributed by atoms with Gasteiger partial charge in [-0.15, -0.1) is 0 Å². The summed E-state index contributed by atoms with van der Waals surface area (Å²) in [5, 5.41) is 0. The summed E-state index contributed by atoms with van der Waals surface area (Å²) in [7, 11) is 0. The van der Waals surface area contributed by atoms with Gasteiger partial charge in [0.05, 0.1) is 12.1 Å². The molecule has 0 saturated carbocycles. The second-order valence-corrected chi connectivity index (χ2v) is 6.17. The van der Waals surface area contributed by atoms with Gasteiger partial charge in [0, 0.05) is 6.61 Å². The van der Waals surface area contributed by atoms with E-state index in [4.69, 9.17) is 19.9 Å². The lowest BCUT2D eigenvalue weighted by atomic mass is 9.82. The molecule has 1 aliphatic heterocycles. The molecule has 112 valence electrons. The normalized spacial score (nSPS) is 17.6. The van der Waals surface area contributed by atoms with Gasteiger partial charge in [-0.2, -0.15) is 0 Å². The van der Waals surface area contributed by atoms with Crippen LogP contribution in [0.5, 0.6) is 11.5 Å². The van der Waals surface area contributed by atoms with E-state index in [-0.39, 0.29) is 17.6 Å². The minimum atomic E-state index is -0.189. The smallest absolute Gasteiger partial charge is 0.161 e. The van der Waals surface area contributed by atoms with Crippen LogP contribution in [-0.2, 0) is 4.74 Å². The van der Waals surface area contributed by atoms with Crippen molar-refractivity contribution in [2.24, 2.45) is 11.1 Å². The predicted octanol–water partition coefficient (Wildman–Crippen LogP) is 2.91. The average Bonchev–Trinajstić information content (AvgIpc) is 2.42. The Bertz CT molecular complexity index is 454. The molecule has 1 aliphatic rings. The highest BCUT2D eigenvalue weighted by Gasteiger charge is 2.32. The van der Waals surface area contributed by atoms with Gasteiger partial charge in [-0.1, -0.05) is 26.8 Å². The fraction of sp³-hybridized carbons (Fsp3) is 0.625. The lowest BCUT2D eigenvalue weighted by molar-refractivity contribution is -0.0283. The molecule has 0 amide bonds. The summed E-state index contributed by atoms with van der Waals surface area (Å²) in [4.78, 5) is 0. The van der Waals surface area contributed by atoms with Crippen LogP contribution in [0.25, 0.3) is 0 Å². The maximum absolute atomic E-state index is 6.42. The molecule has 1 aromatic rings. The van der Waals surface area contributed by atoms with E-state index in [0.29, 0.717) is 19.8 Å². The van der Waals surface area contributed by atoms with Crippen molar-refractivity contribution in [3.05, 3.63) is 23.8 Å². The van der Waals surface area contributed by atoms with Crippen LogP contribution in [0.4, 0.5) is 0 Å². The zero-order valence-corrected chi connectivity index (χ0v) is 12.8. The monoisotopic (exact) mass is 279 g/mol. The Morgan fingerprint density at radius 2 is 1.85 bits per heavy atom. The molecule has 0 radical (unpaired) electrons. The van der Waals surface area contributed by atoms with E-state index >= 15 is 0 Å². The standard InChI is InChI=1S/C16H25NO3/c1-5-18-15(16(2,3)4)14(17)11-6-7-12-13(10-11)20-9-8-19-12/h6-7,10,14-15H,5,8-9,17H2,1-4H3. The van der Waals surface area contributed by atoms with Crippen molar-refractivity contribution in [2.45, 2.75) is 39.8 Å². The molecule has 2 unspecified atom stereocenters. The van der Waals surface area contributed by atoms with Crippen molar-refractivity contribution in [1.29, 1.82) is 0 Å². The Morgan fingerprint density at radius 1 is 1.20 bits per heavy atom. The summed E-state index contributed by atoms with van der Waals surface area (Å²) in [6.07, 6.45) is -0.0462. The van der Waals surface area contributed by atoms with Crippen molar-refractivity contribution in [3.8, 4) is 11.5 Å². The molecule has 2 N–H and O–H groups in total. The first-order valence-corrected chi connectivity index (χ1v) is 7.20. The first-order chi connectivity index (χ1) is 9.43. The fourth-order valence-corrected chi connectivity index (χ4v) is 2.51. The molecular formula is C16H25NO3. The van der Waals surface area contributed by atoms with E-state index in [1.807, 2.05) is 25.1 Å². The van der Waals surface area contributed by atoms with E-state index in [0.717, 1.165) is 17.1 Å². The number of hydrogen-bond acceptors (Lipinski definition) is 4. The Kier molecular flexibility index (Phi) is 4.55. The Hall–Kier alpha value is -1.26. The molecular weight excluding hydrogens is 254 g/mol. The van der Waals surface area contributed by atoms with Crippen molar-refractivity contribution < 1.29 is 14.2 Å². The Balaban J connectivity index is 2.24. The molecule has 0 saturated heterocycles. The minimum Gasteiger partial charge on any atom is -0.486 e. The minimum absolute atomic E-state index is 0.0251. The van der Waals surface area contributed by atoms with Crippen LogP contribution in [0, 0.1) is 5.41 Å². The highest BCUT2D eigenvalue weighted by Crippen LogP contribution is 2.36. The molecule has 0 fully saturated rings. The van der Waals surface area contributed by atoms with Crippen LogP contribution in [0.3, 0.4) is 0 Å². The van der Waals surface area contributed by atoms with Crippen molar-refractivity contribution >= 4 is 0 Å². The van der Waals surface area contributed by atoms with Crippen LogP contribution >= 0.6 is 0 Å². The lowest BCUT2D eigenvalue weighted by Gasteiger charge is -2.35. The summed E-state index contributed by atoms with van der Waals surface area (Å²) >= 11 is 0. The van der Waals surface area contributed by atoms with Crippen molar-refractivity contribution in [2.75, 3.05) is 19.8 Å². The lowest BCUT2D eigenvalue weighted by Crippen LogP contribution is -2.39. The first-order valence-electron chi connectivity index (χ1n) is 7.20. The number of nitrogens with two attached hydrogens (primary N) is 1. The van der Waals surface area contributed by atoms with E-state index < -0.39 is 0 Å². The summed E-state index contributed by atoms with van der Waals surface area (Å²) in [6, 6.07) is 5.70. The molecule has 0 spiro atoms. The van der Waals surface area contributed by atoms with Crippen LogP contribution < -0.4 is 15.2 Å². The van der Waals surface area contributed by atoms with Gasteiger partial charge in [0.1, 0.15) is 13.2 Å². The molecule has 4 heteroatoms. The molecule has 0 aromatic heterocycles. The fourth-order valence-electron chi connectivity index (χ4n) is 2.51. The van der Waals surface area contributed by atoms with Crippen molar-refractivity contribution in [1.82, 2.24) is 0 Å². The number of rotatable bonds is 4. The van der Waals surface area contributed by atoms with Crippen molar-refractivity contribution in [3.63, 3.8) is 0 Å². The second-order valence-electron chi connectivity index (χ2n) is 6.17. The number of ether oxygens (including phenoxy) is 3. The van der Waals surface area contributed by atoms with Gasteiger partial charge < -0.3 is 19.9 Å². The van der Waals surface area contributed by atoms with Gasteiger partial charge in [0.15, 0.2) is 11.5 Å². The first kappa shape index (κ1) is 15.1. The molecule has 2 atom stereocenters. The Morgan fingerprint density at radius 3 is 2.45 bits per heavy atom. The number of hydrogen-bond donors (Lipinski definition) is 1. The third kappa shape index (κ3) is 3.25. The maximum Gasteiger partial charge on any atom is 0.161 e. The summed E-state index contributed by atoms with van der Waals surface area (Å²) in [6.45, 7) is 10.3. The topological polar surface area (TPSA) is 53.7 Å². The SMILES string of the molecule is CCOC(C(N)c1ccc2c(c1)OCCO2)C(C)(C)C. The zero-order valence-electron chi connectivity index (χ0n) is 12.8. The van der Waals surface area contributed by atoms with E-state index in [9.17, 15) is 0 Å². The molecule has 1 aromatic carbocycles. The highest BCUT2D eigenvalue weighted by atomic mass is 16.6. The van der Waals surface area contributed by atoms with E-state index in [1.165, 1.54) is 0 Å². The van der Waals surface area contributed by atoms with Gasteiger partial charge in [-0.3, -0.25) is 0 Å². The summed E-state index contributed by atoms with van der Waals surface area (Å²) in [5.74, 6) is 1.56. The molecule has 0 bridgehead atoms. The zero-order chi connectivity index (χ0) is 14.8. The van der Waals surface area contributed by atoms with E-state index in [1.54, 1.807) is 0 Å². The molecule has 20 heavy (non-hydrogen) atoms. The molecule has 0 aliphatic carbocycles. The third-order valence-corrected chi connectivity index (χ3v) is 3.48. The second kappa shape index (κ2) is 6.02. The van der Waals surface area contributed by atoms with Gasteiger partial charge in [0.25, 0.3) is 0 Å². The number of fused-ring (bicyclic) bond motifs is 1. The summed E-state index contributed by atoms with van der Waals surface area (Å²) in [5.41, 5.74) is 7.41. The average molecular weight is 279 g/mol. The maximum atomic E-state index is 6.42. The predicted molar refractivity (Wildman–Crippen MR) is 79.2 cm³/mol. The van der Waals surface area contributed by atoms with Crippen LogP contribution in [0.1, 0.15) is 39.3 Å². The summed E-state index contributed by atoms with van der Waals surface area (Å²) < 4.78 is 17.0. The molecule has 1 heterocycles. The van der Waals surface area contributed by atoms with E-state index in [2.05, 4.69) is 20.8 Å². The van der Waals surface area contributed by atoms with Gasteiger partial charge in [0.2, 0.25) is 0 Å². The Labute approximate surface area is 121 Å². The largest absolute Gasteiger partial charge is 0.486 e. The van der Waals surface area contributed by atoms with Gasteiger partial charge in [-0.05, 0) is 30.0 Å².